The van der Waals surface area contributed by atoms with Crippen LogP contribution in [0.1, 0.15) is 24.0 Å². The fraction of sp³-hybridized carbons (Fsp3) is 0.278. The molecule has 2 aromatic rings. The van der Waals surface area contributed by atoms with Gasteiger partial charge in [-0.2, -0.15) is 0 Å². The molecule has 3 heteroatoms. The number of hydrogen-bond donors (Lipinski definition) is 0. The highest BCUT2D eigenvalue weighted by atomic mass is 35.5. The molecular weight excluding hydrogens is 284 g/mol. The van der Waals surface area contributed by atoms with E-state index in [1.807, 2.05) is 54.6 Å². The average Bonchev–Trinajstić information content (AvgIpc) is 2.53. The lowest BCUT2D eigenvalue weighted by Crippen LogP contribution is -2.03. The van der Waals surface area contributed by atoms with Gasteiger partial charge in [-0.3, -0.25) is 4.79 Å². The maximum atomic E-state index is 11.7. The van der Waals surface area contributed by atoms with Gasteiger partial charge in [0.05, 0.1) is 0 Å². The Labute approximate surface area is 130 Å². The second kappa shape index (κ2) is 8.48. The third-order valence-electron chi connectivity index (χ3n) is 3.16. The topological polar surface area (TPSA) is 26.3 Å². The van der Waals surface area contributed by atoms with E-state index in [1.165, 1.54) is 0 Å². The van der Waals surface area contributed by atoms with Crippen molar-refractivity contribution in [2.45, 2.75) is 25.9 Å². The number of Topliss-reactive ketones (excluding diaryl/α,β-unsaturated/α-hetero) is 1. The number of halogens is 1. The van der Waals surface area contributed by atoms with Gasteiger partial charge < -0.3 is 4.74 Å². The Kier molecular flexibility index (Phi) is 6.29. The summed E-state index contributed by atoms with van der Waals surface area (Å²) in [7, 11) is 0. The molecule has 2 aromatic carbocycles. The van der Waals surface area contributed by atoms with Crippen molar-refractivity contribution in [1.82, 2.24) is 0 Å². The van der Waals surface area contributed by atoms with Gasteiger partial charge in [0.2, 0.25) is 0 Å². The summed E-state index contributed by atoms with van der Waals surface area (Å²) in [6.07, 6.45) is 1.77. The minimum absolute atomic E-state index is 0.230. The van der Waals surface area contributed by atoms with Crippen LogP contribution < -0.4 is 4.74 Å². The van der Waals surface area contributed by atoms with Crippen LogP contribution in [0.3, 0.4) is 0 Å². The maximum Gasteiger partial charge on any atom is 0.137 e. The minimum Gasteiger partial charge on any atom is -0.489 e. The molecule has 0 bridgehead atoms. The first-order valence-corrected chi connectivity index (χ1v) is 7.64. The zero-order valence-electron chi connectivity index (χ0n) is 11.9. The number of benzene rings is 2. The maximum absolute atomic E-state index is 11.7. The van der Waals surface area contributed by atoms with Crippen LogP contribution >= 0.6 is 11.6 Å². The molecule has 0 unspecified atom stereocenters. The van der Waals surface area contributed by atoms with Crippen LogP contribution in [-0.4, -0.2) is 11.7 Å². The van der Waals surface area contributed by atoms with E-state index in [9.17, 15) is 4.79 Å². The third-order valence-corrected chi connectivity index (χ3v) is 3.43. The average molecular weight is 303 g/mol. The van der Waals surface area contributed by atoms with Gasteiger partial charge in [-0.15, -0.1) is 11.6 Å². The van der Waals surface area contributed by atoms with Gasteiger partial charge in [0, 0.05) is 18.7 Å². The first-order valence-electron chi connectivity index (χ1n) is 7.11. The SMILES string of the molecule is O=C(CCCCl)Cc1ccc(OCc2ccccc2)cc1. The molecule has 0 amide bonds. The van der Waals surface area contributed by atoms with Crippen LogP contribution in [0.25, 0.3) is 0 Å². The van der Waals surface area contributed by atoms with E-state index in [-0.39, 0.29) is 5.78 Å². The summed E-state index contributed by atoms with van der Waals surface area (Å²) in [5, 5.41) is 0. The Hall–Kier alpha value is -1.80. The molecule has 0 fully saturated rings. The Morgan fingerprint density at radius 1 is 0.952 bits per heavy atom. The van der Waals surface area contributed by atoms with Crippen molar-refractivity contribution >= 4 is 17.4 Å². The molecule has 0 spiro atoms. The van der Waals surface area contributed by atoms with Crippen molar-refractivity contribution in [1.29, 1.82) is 0 Å². The first-order chi connectivity index (χ1) is 10.3. The smallest absolute Gasteiger partial charge is 0.137 e. The van der Waals surface area contributed by atoms with Gasteiger partial charge in [0.1, 0.15) is 18.1 Å². The van der Waals surface area contributed by atoms with Crippen LogP contribution in [0.5, 0.6) is 5.75 Å². The molecular formula is C18H19ClO2. The predicted octanol–water partition coefficient (Wildman–Crippen LogP) is 4.40. The second-order valence-electron chi connectivity index (χ2n) is 4.93. The van der Waals surface area contributed by atoms with Crippen molar-refractivity contribution in [3.8, 4) is 5.75 Å². The van der Waals surface area contributed by atoms with Gasteiger partial charge in [-0.25, -0.2) is 0 Å². The van der Waals surface area contributed by atoms with E-state index in [4.69, 9.17) is 16.3 Å². The Bertz CT molecular complexity index is 549. The summed E-state index contributed by atoms with van der Waals surface area (Å²) >= 11 is 5.59. The van der Waals surface area contributed by atoms with Crippen LogP contribution in [0.2, 0.25) is 0 Å². The van der Waals surface area contributed by atoms with Crippen molar-refractivity contribution < 1.29 is 9.53 Å². The van der Waals surface area contributed by atoms with Crippen LogP contribution in [-0.2, 0) is 17.8 Å². The van der Waals surface area contributed by atoms with E-state index in [2.05, 4.69) is 0 Å². The number of carbonyl (C=O) groups excluding carboxylic acids is 1. The molecule has 0 aliphatic carbocycles. The summed E-state index contributed by atoms with van der Waals surface area (Å²) in [5.41, 5.74) is 2.15. The molecule has 0 aliphatic rings. The van der Waals surface area contributed by atoms with Crippen LogP contribution in [0.4, 0.5) is 0 Å². The summed E-state index contributed by atoms with van der Waals surface area (Å²) in [4.78, 5) is 11.7. The molecule has 0 aromatic heterocycles. The molecule has 0 heterocycles. The van der Waals surface area contributed by atoms with Gasteiger partial charge in [-0.05, 0) is 29.7 Å². The van der Waals surface area contributed by atoms with Crippen LogP contribution in [0, 0.1) is 0 Å². The lowest BCUT2D eigenvalue weighted by molar-refractivity contribution is -0.118. The summed E-state index contributed by atoms with van der Waals surface area (Å²) in [6, 6.07) is 17.7. The Morgan fingerprint density at radius 3 is 2.33 bits per heavy atom. The molecule has 0 radical (unpaired) electrons. The normalized spacial score (nSPS) is 10.3. The van der Waals surface area contributed by atoms with Crippen molar-refractivity contribution in [2.24, 2.45) is 0 Å². The zero-order chi connectivity index (χ0) is 14.9. The molecule has 0 saturated carbocycles. The van der Waals surface area contributed by atoms with E-state index < -0.39 is 0 Å². The Balaban J connectivity index is 1.83. The summed E-state index contributed by atoms with van der Waals surface area (Å²) in [6.45, 7) is 0.550. The number of alkyl halides is 1. The number of ether oxygens (including phenoxy) is 1. The van der Waals surface area contributed by atoms with Gasteiger partial charge in [0.25, 0.3) is 0 Å². The number of ketones is 1. The molecule has 0 atom stereocenters. The van der Waals surface area contributed by atoms with Crippen LogP contribution in [0.15, 0.2) is 54.6 Å². The fourth-order valence-corrected chi connectivity index (χ4v) is 2.16. The van der Waals surface area contributed by atoms with E-state index in [0.717, 1.165) is 23.3 Å². The first kappa shape index (κ1) is 15.6. The fourth-order valence-electron chi connectivity index (χ4n) is 2.02. The third kappa shape index (κ3) is 5.60. The second-order valence-corrected chi connectivity index (χ2v) is 5.30. The highest BCUT2D eigenvalue weighted by molar-refractivity contribution is 6.17. The lowest BCUT2D eigenvalue weighted by Gasteiger charge is -2.07. The molecule has 2 nitrogen and oxygen atoms in total. The number of rotatable bonds is 8. The van der Waals surface area contributed by atoms with Gasteiger partial charge in [0.15, 0.2) is 0 Å². The van der Waals surface area contributed by atoms with Gasteiger partial charge in [-0.1, -0.05) is 42.5 Å². The number of carbonyl (C=O) groups is 1. The van der Waals surface area contributed by atoms with Crippen molar-refractivity contribution in [3.05, 3.63) is 65.7 Å². The zero-order valence-corrected chi connectivity index (χ0v) is 12.7. The Morgan fingerprint density at radius 2 is 1.67 bits per heavy atom. The van der Waals surface area contributed by atoms with Crippen molar-refractivity contribution in [2.75, 3.05) is 5.88 Å². The highest BCUT2D eigenvalue weighted by Gasteiger charge is 2.04. The van der Waals surface area contributed by atoms with Gasteiger partial charge >= 0.3 is 0 Å². The minimum atomic E-state index is 0.230. The molecule has 110 valence electrons. The lowest BCUT2D eigenvalue weighted by atomic mass is 10.1. The number of hydrogen-bond acceptors (Lipinski definition) is 2. The highest BCUT2D eigenvalue weighted by Crippen LogP contribution is 2.15. The molecule has 0 saturated heterocycles. The monoisotopic (exact) mass is 302 g/mol. The van der Waals surface area contributed by atoms with E-state index in [1.54, 1.807) is 0 Å². The standard InChI is InChI=1S/C18H19ClO2/c19-12-4-7-17(20)13-15-8-10-18(11-9-15)21-14-16-5-2-1-3-6-16/h1-3,5-6,8-11H,4,7,12-14H2. The quantitative estimate of drug-likeness (QED) is 0.676. The van der Waals surface area contributed by atoms with E-state index in [0.29, 0.717) is 25.3 Å². The predicted molar refractivity (Wildman–Crippen MR) is 85.9 cm³/mol. The van der Waals surface area contributed by atoms with Crippen molar-refractivity contribution in [3.63, 3.8) is 0 Å². The molecule has 0 N–H and O–H groups in total. The summed E-state index contributed by atoms with van der Waals surface area (Å²) in [5.74, 6) is 1.59. The van der Waals surface area contributed by atoms with E-state index >= 15 is 0 Å². The summed E-state index contributed by atoms with van der Waals surface area (Å²) < 4.78 is 5.71. The molecule has 0 aliphatic heterocycles. The molecule has 21 heavy (non-hydrogen) atoms. The largest absolute Gasteiger partial charge is 0.489 e. The molecule has 2 rings (SSSR count).